The van der Waals surface area contributed by atoms with Gasteiger partial charge >= 0.3 is 0 Å². The number of alkyl halides is 1. The quantitative estimate of drug-likeness (QED) is 0.723. The van der Waals surface area contributed by atoms with E-state index in [4.69, 9.17) is 27.9 Å². The van der Waals surface area contributed by atoms with E-state index in [2.05, 4.69) is 0 Å². The molecule has 0 N–H and O–H groups in total. The maximum absolute atomic E-state index is 11.1. The Labute approximate surface area is 134 Å². The van der Waals surface area contributed by atoms with Crippen molar-refractivity contribution in [2.24, 2.45) is 0 Å². The molecule has 4 heteroatoms. The van der Waals surface area contributed by atoms with Crippen molar-refractivity contribution in [2.45, 2.75) is 25.3 Å². The molecule has 1 atom stereocenters. The minimum atomic E-state index is -0.472. The monoisotopic (exact) mass is 322 g/mol. The maximum atomic E-state index is 11.1. The van der Waals surface area contributed by atoms with Gasteiger partial charge in [0.1, 0.15) is 18.1 Å². The first-order valence-electron chi connectivity index (χ1n) is 6.66. The lowest BCUT2D eigenvalue weighted by Crippen LogP contribution is -2.13. The molecule has 0 aliphatic rings. The molecule has 0 bridgehead atoms. The van der Waals surface area contributed by atoms with Crippen molar-refractivity contribution >= 4 is 29.0 Å². The van der Waals surface area contributed by atoms with Crippen molar-refractivity contribution in [1.82, 2.24) is 0 Å². The normalized spacial score (nSPS) is 12.0. The number of ketones is 1. The number of halogens is 2. The third kappa shape index (κ3) is 4.76. The molecule has 0 aromatic heterocycles. The number of ether oxygens (including phenoxy) is 1. The number of hydrogen-bond acceptors (Lipinski definition) is 2. The van der Waals surface area contributed by atoms with Crippen molar-refractivity contribution in [2.75, 3.05) is 0 Å². The third-order valence-electron chi connectivity index (χ3n) is 3.13. The zero-order valence-electron chi connectivity index (χ0n) is 11.7. The van der Waals surface area contributed by atoms with Crippen molar-refractivity contribution in [3.8, 4) is 5.75 Å². The largest absolute Gasteiger partial charge is 0.489 e. The second-order valence-electron chi connectivity index (χ2n) is 4.81. The second kappa shape index (κ2) is 7.48. The summed E-state index contributed by atoms with van der Waals surface area (Å²) in [5, 5.41) is 0.223. The van der Waals surface area contributed by atoms with Gasteiger partial charge in [0.15, 0.2) is 0 Å². The molecule has 0 saturated heterocycles. The number of rotatable bonds is 6. The molecule has 0 saturated carbocycles. The Bertz CT molecular complexity index is 608. The highest BCUT2D eigenvalue weighted by atomic mass is 35.5. The molecule has 2 aromatic rings. The molecular formula is C17H16Cl2O2. The highest BCUT2D eigenvalue weighted by Crippen LogP contribution is 2.19. The second-order valence-corrected chi connectivity index (χ2v) is 5.74. The molecule has 0 amide bonds. The van der Waals surface area contributed by atoms with Gasteiger partial charge in [0.2, 0.25) is 0 Å². The van der Waals surface area contributed by atoms with Gasteiger partial charge in [-0.2, -0.15) is 0 Å². The van der Waals surface area contributed by atoms with Crippen LogP contribution in [-0.2, 0) is 17.8 Å². The predicted molar refractivity (Wildman–Crippen MR) is 86.3 cm³/mol. The lowest BCUT2D eigenvalue weighted by Gasteiger charge is -2.09. The van der Waals surface area contributed by atoms with Crippen LogP contribution in [0.3, 0.4) is 0 Å². The van der Waals surface area contributed by atoms with Crippen LogP contribution in [-0.4, -0.2) is 11.2 Å². The van der Waals surface area contributed by atoms with Crippen LogP contribution < -0.4 is 4.74 Å². The fraction of sp³-hybridized carbons (Fsp3) is 0.235. The van der Waals surface area contributed by atoms with Crippen LogP contribution >= 0.6 is 23.2 Å². The molecular weight excluding hydrogens is 307 g/mol. The van der Waals surface area contributed by atoms with Crippen LogP contribution in [0.4, 0.5) is 0 Å². The lowest BCUT2D eigenvalue weighted by atomic mass is 10.1. The number of Topliss-reactive ketones (excluding diaryl/α,β-unsaturated/α-hetero) is 1. The van der Waals surface area contributed by atoms with Gasteiger partial charge in [-0.15, -0.1) is 11.6 Å². The number of carbonyl (C=O) groups excluding carboxylic acids is 1. The van der Waals surface area contributed by atoms with Crippen molar-refractivity contribution in [3.05, 3.63) is 64.7 Å². The Morgan fingerprint density at radius 1 is 1.14 bits per heavy atom. The maximum Gasteiger partial charge on any atom is 0.147 e. The highest BCUT2D eigenvalue weighted by Gasteiger charge is 2.10. The molecule has 2 aromatic carbocycles. The molecule has 0 aliphatic heterocycles. The number of hydrogen-bond donors (Lipinski definition) is 0. The smallest absolute Gasteiger partial charge is 0.147 e. The minimum Gasteiger partial charge on any atom is -0.489 e. The van der Waals surface area contributed by atoms with Crippen LogP contribution in [0, 0.1) is 0 Å². The average Bonchev–Trinajstić information content (AvgIpc) is 2.48. The van der Waals surface area contributed by atoms with Gasteiger partial charge < -0.3 is 4.74 Å². The fourth-order valence-corrected chi connectivity index (χ4v) is 2.22. The molecule has 2 nitrogen and oxygen atoms in total. The van der Waals surface area contributed by atoms with E-state index in [1.165, 1.54) is 6.92 Å². The van der Waals surface area contributed by atoms with Crippen LogP contribution in [0.2, 0.25) is 5.02 Å². The van der Waals surface area contributed by atoms with Crippen LogP contribution in [0.25, 0.3) is 0 Å². The fourth-order valence-electron chi connectivity index (χ4n) is 1.85. The molecule has 21 heavy (non-hydrogen) atoms. The van der Waals surface area contributed by atoms with Crippen LogP contribution in [0.15, 0.2) is 48.5 Å². The molecule has 110 valence electrons. The van der Waals surface area contributed by atoms with E-state index in [-0.39, 0.29) is 5.78 Å². The topological polar surface area (TPSA) is 26.3 Å². The summed E-state index contributed by atoms with van der Waals surface area (Å²) in [5.41, 5.74) is 1.95. The Hall–Kier alpha value is -1.51. The molecule has 1 unspecified atom stereocenters. The Kier molecular flexibility index (Phi) is 5.66. The predicted octanol–water partition coefficient (Wildman–Crippen LogP) is 4.66. The van der Waals surface area contributed by atoms with Gasteiger partial charge in [0.25, 0.3) is 0 Å². The first-order chi connectivity index (χ1) is 10.1. The van der Waals surface area contributed by atoms with Gasteiger partial charge in [0, 0.05) is 10.6 Å². The summed E-state index contributed by atoms with van der Waals surface area (Å²) in [7, 11) is 0. The zero-order valence-corrected chi connectivity index (χ0v) is 13.2. The van der Waals surface area contributed by atoms with Gasteiger partial charge in [-0.3, -0.25) is 4.79 Å². The van der Waals surface area contributed by atoms with E-state index in [9.17, 15) is 4.79 Å². The SMILES string of the molecule is CC(=O)C(Cl)Cc1ccc(OCc2ccccc2Cl)cc1. The van der Waals surface area contributed by atoms with Gasteiger partial charge in [0.05, 0.1) is 5.38 Å². The summed E-state index contributed by atoms with van der Waals surface area (Å²) < 4.78 is 5.70. The van der Waals surface area contributed by atoms with E-state index < -0.39 is 5.38 Å². The van der Waals surface area contributed by atoms with Crippen LogP contribution in [0.1, 0.15) is 18.1 Å². The van der Waals surface area contributed by atoms with Crippen molar-refractivity contribution in [1.29, 1.82) is 0 Å². The Morgan fingerprint density at radius 3 is 2.43 bits per heavy atom. The van der Waals surface area contributed by atoms with E-state index >= 15 is 0 Å². The van der Waals surface area contributed by atoms with Crippen molar-refractivity contribution in [3.63, 3.8) is 0 Å². The van der Waals surface area contributed by atoms with Gasteiger partial charge in [-0.25, -0.2) is 0 Å². The number of benzene rings is 2. The van der Waals surface area contributed by atoms with Crippen molar-refractivity contribution < 1.29 is 9.53 Å². The Morgan fingerprint density at radius 2 is 1.81 bits per heavy atom. The summed E-state index contributed by atoms with van der Waals surface area (Å²) in [6, 6.07) is 15.2. The summed E-state index contributed by atoms with van der Waals surface area (Å²) in [4.78, 5) is 11.1. The van der Waals surface area contributed by atoms with E-state index in [1.807, 2.05) is 48.5 Å². The molecule has 0 spiro atoms. The summed E-state index contributed by atoms with van der Waals surface area (Å²) in [6.45, 7) is 1.92. The molecule has 2 rings (SSSR count). The summed E-state index contributed by atoms with van der Waals surface area (Å²) in [6.07, 6.45) is 0.529. The van der Waals surface area contributed by atoms with E-state index in [0.29, 0.717) is 18.1 Å². The first-order valence-corrected chi connectivity index (χ1v) is 7.47. The summed E-state index contributed by atoms with van der Waals surface area (Å²) >= 11 is 12.0. The molecule has 0 aliphatic carbocycles. The van der Waals surface area contributed by atoms with Crippen LogP contribution in [0.5, 0.6) is 5.75 Å². The standard InChI is InChI=1S/C17H16Cl2O2/c1-12(20)17(19)10-13-6-8-15(9-7-13)21-11-14-4-2-3-5-16(14)18/h2-9,17H,10-11H2,1H3. The van der Waals surface area contributed by atoms with Gasteiger partial charge in [-0.1, -0.05) is 41.9 Å². The first kappa shape index (κ1) is 15.9. The van der Waals surface area contributed by atoms with Gasteiger partial charge in [-0.05, 0) is 37.1 Å². The number of carbonyl (C=O) groups is 1. The molecule has 0 fully saturated rings. The van der Waals surface area contributed by atoms with E-state index in [0.717, 1.165) is 16.9 Å². The molecule has 0 heterocycles. The average molecular weight is 323 g/mol. The minimum absolute atomic E-state index is 0.0179. The summed E-state index contributed by atoms with van der Waals surface area (Å²) in [5.74, 6) is 0.739. The Balaban J connectivity index is 1.94. The lowest BCUT2D eigenvalue weighted by molar-refractivity contribution is -0.116. The van der Waals surface area contributed by atoms with E-state index in [1.54, 1.807) is 0 Å². The highest BCUT2D eigenvalue weighted by molar-refractivity contribution is 6.31. The third-order valence-corrected chi connectivity index (χ3v) is 3.96. The molecule has 0 radical (unpaired) electrons. The zero-order chi connectivity index (χ0) is 15.2.